The van der Waals surface area contributed by atoms with Crippen LogP contribution in [-0.2, 0) is 11.0 Å². The Morgan fingerprint density at radius 1 is 0.879 bits per heavy atom. The minimum Gasteiger partial charge on any atom is -0.506 e. The van der Waals surface area contributed by atoms with Crippen LogP contribution in [-0.4, -0.2) is 20.4 Å². The number of fused-ring (bicyclic) bond motifs is 4. The highest BCUT2D eigenvalue weighted by molar-refractivity contribution is 8.15. The molecule has 0 unspecified atom stereocenters. The Bertz CT molecular complexity index is 1450. The molecule has 1 aliphatic heterocycles. The summed E-state index contributed by atoms with van der Waals surface area (Å²) in [5, 5.41) is 12.4. The van der Waals surface area contributed by atoms with Gasteiger partial charge < -0.3 is 9.84 Å². The second kappa shape index (κ2) is 7.09. The molecular weight excluding hydrogens is 428 g/mol. The van der Waals surface area contributed by atoms with E-state index in [0.29, 0.717) is 22.4 Å². The van der Waals surface area contributed by atoms with Gasteiger partial charge in [0.15, 0.2) is 0 Å². The van der Waals surface area contributed by atoms with E-state index >= 15 is 0 Å². The Hall–Kier alpha value is -3.31. The molecule has 1 N–H and O–H groups in total. The molecule has 2 atom stereocenters. The highest BCUT2D eigenvalue weighted by Gasteiger charge is 2.57. The number of hydrogen-bond acceptors (Lipinski definition) is 5. The number of thioether (sulfide) groups is 1. The molecule has 4 aromatic rings. The van der Waals surface area contributed by atoms with Crippen LogP contribution in [0.5, 0.6) is 17.4 Å². The number of ether oxygens (including phenoxy) is 1. The molecule has 164 valence electrons. The van der Waals surface area contributed by atoms with E-state index in [9.17, 15) is 5.11 Å². The molecule has 3 aromatic carbocycles. The lowest BCUT2D eigenvalue weighted by atomic mass is 9.84. The van der Waals surface area contributed by atoms with Gasteiger partial charge in [0.2, 0.25) is 5.88 Å². The van der Waals surface area contributed by atoms with Gasteiger partial charge in [-0.15, -0.1) is 0 Å². The van der Waals surface area contributed by atoms with Gasteiger partial charge in [-0.05, 0) is 42.3 Å². The third-order valence-electron chi connectivity index (χ3n) is 6.87. The van der Waals surface area contributed by atoms with Crippen LogP contribution in [0.3, 0.4) is 0 Å². The molecule has 0 saturated heterocycles. The van der Waals surface area contributed by atoms with Crippen molar-refractivity contribution in [3.63, 3.8) is 0 Å². The molecule has 1 aromatic heterocycles. The van der Waals surface area contributed by atoms with Gasteiger partial charge in [-0.1, -0.05) is 74.1 Å². The van der Waals surface area contributed by atoms with Crippen molar-refractivity contribution >= 4 is 27.7 Å². The largest absolute Gasteiger partial charge is 0.506 e. The first-order valence-corrected chi connectivity index (χ1v) is 12.0. The van der Waals surface area contributed by atoms with Gasteiger partial charge in [-0.3, -0.25) is 4.99 Å². The van der Waals surface area contributed by atoms with Gasteiger partial charge in [-0.2, -0.15) is 0 Å². The number of benzene rings is 3. The van der Waals surface area contributed by atoms with Crippen LogP contribution in [0.15, 0.2) is 83.9 Å². The summed E-state index contributed by atoms with van der Waals surface area (Å²) in [7, 11) is 0. The van der Waals surface area contributed by atoms with Crippen molar-refractivity contribution in [2.24, 2.45) is 4.99 Å². The SMILES string of the molecule is CC1(C)c2ccccc2[C@]2(C)N=C(c3cccc(Oc4ccc5cccc(O)c5n4)c3)S[C@H]12. The van der Waals surface area contributed by atoms with Crippen molar-refractivity contribution in [3.05, 3.63) is 95.6 Å². The van der Waals surface area contributed by atoms with E-state index in [1.165, 1.54) is 11.1 Å². The lowest BCUT2D eigenvalue weighted by molar-refractivity contribution is 0.414. The maximum Gasteiger partial charge on any atom is 0.219 e. The maximum absolute atomic E-state index is 10.1. The molecule has 5 heteroatoms. The van der Waals surface area contributed by atoms with Crippen molar-refractivity contribution in [2.45, 2.75) is 37.0 Å². The Balaban J connectivity index is 1.34. The van der Waals surface area contributed by atoms with E-state index in [1.54, 1.807) is 12.1 Å². The molecule has 0 bridgehead atoms. The van der Waals surface area contributed by atoms with Crippen molar-refractivity contribution in [3.8, 4) is 17.4 Å². The number of aliphatic imine (C=N–C) groups is 1. The summed E-state index contributed by atoms with van der Waals surface area (Å²) < 4.78 is 6.07. The highest BCUT2D eigenvalue weighted by atomic mass is 32.2. The lowest BCUT2D eigenvalue weighted by Crippen LogP contribution is -2.34. The van der Waals surface area contributed by atoms with Gasteiger partial charge in [-0.25, -0.2) is 4.98 Å². The Labute approximate surface area is 197 Å². The Kier molecular flexibility index (Phi) is 4.36. The standard InChI is InChI=1S/C28H24N2O2S/c1-27(2)20-11-4-5-12-21(20)28(3)26(27)33-25(30-28)18-9-6-10-19(16-18)32-23-15-14-17-8-7-13-22(31)24(17)29-23/h4-16,26,31H,1-3H3/t26-,28+/m1/s1. The van der Waals surface area contributed by atoms with Crippen LogP contribution in [0.25, 0.3) is 10.9 Å². The van der Waals surface area contributed by atoms with E-state index in [-0.39, 0.29) is 16.7 Å². The Morgan fingerprint density at radius 3 is 2.52 bits per heavy atom. The van der Waals surface area contributed by atoms with Crippen molar-refractivity contribution in [1.82, 2.24) is 4.98 Å². The summed E-state index contributed by atoms with van der Waals surface area (Å²) in [6.07, 6.45) is 0. The molecule has 1 aliphatic carbocycles. The first kappa shape index (κ1) is 20.3. The number of phenols is 1. The molecule has 0 fully saturated rings. The zero-order valence-corrected chi connectivity index (χ0v) is 19.6. The Morgan fingerprint density at radius 2 is 1.67 bits per heavy atom. The number of pyridine rings is 1. The molecule has 6 rings (SSSR count). The number of rotatable bonds is 3. The minimum absolute atomic E-state index is 0.0341. The minimum atomic E-state index is -0.242. The van der Waals surface area contributed by atoms with Gasteiger partial charge in [0.05, 0.1) is 10.6 Å². The summed E-state index contributed by atoms with van der Waals surface area (Å²) in [5.41, 5.74) is 4.10. The predicted molar refractivity (Wildman–Crippen MR) is 135 cm³/mol. The predicted octanol–water partition coefficient (Wildman–Crippen LogP) is 6.80. The van der Waals surface area contributed by atoms with Crippen LogP contribution < -0.4 is 4.74 Å². The van der Waals surface area contributed by atoms with E-state index in [4.69, 9.17) is 9.73 Å². The van der Waals surface area contributed by atoms with Crippen molar-refractivity contribution in [1.29, 1.82) is 0 Å². The van der Waals surface area contributed by atoms with E-state index in [1.807, 2.05) is 48.2 Å². The zero-order valence-electron chi connectivity index (χ0n) is 18.7. The molecule has 4 nitrogen and oxygen atoms in total. The first-order chi connectivity index (χ1) is 15.9. The van der Waals surface area contributed by atoms with Gasteiger partial charge >= 0.3 is 0 Å². The van der Waals surface area contributed by atoms with Crippen LogP contribution in [0.4, 0.5) is 0 Å². The van der Waals surface area contributed by atoms with E-state index in [2.05, 4.69) is 56.1 Å². The number of aromatic nitrogens is 1. The van der Waals surface area contributed by atoms with Crippen molar-refractivity contribution in [2.75, 3.05) is 0 Å². The number of hydrogen-bond donors (Lipinski definition) is 1. The fourth-order valence-corrected chi connectivity index (χ4v) is 6.88. The molecular formula is C28H24N2O2S. The summed E-state index contributed by atoms with van der Waals surface area (Å²) in [6, 6.07) is 25.8. The monoisotopic (exact) mass is 452 g/mol. The second-order valence-corrected chi connectivity index (χ2v) is 10.6. The topological polar surface area (TPSA) is 54.7 Å². The van der Waals surface area contributed by atoms with Crippen LogP contribution >= 0.6 is 11.8 Å². The molecule has 0 radical (unpaired) electrons. The number of para-hydroxylation sites is 1. The molecule has 0 saturated carbocycles. The second-order valence-electron chi connectivity index (χ2n) is 9.46. The normalized spacial score (nSPS) is 22.6. The smallest absolute Gasteiger partial charge is 0.219 e. The van der Waals surface area contributed by atoms with Crippen LogP contribution in [0.2, 0.25) is 0 Å². The van der Waals surface area contributed by atoms with Crippen molar-refractivity contribution < 1.29 is 9.84 Å². The summed E-state index contributed by atoms with van der Waals surface area (Å²) in [5.74, 6) is 1.28. The first-order valence-electron chi connectivity index (χ1n) is 11.1. The van der Waals surface area contributed by atoms with Gasteiger partial charge in [0.1, 0.15) is 17.0 Å². The maximum atomic E-state index is 10.1. The fraction of sp³-hybridized carbons (Fsp3) is 0.214. The average Bonchev–Trinajstić information content (AvgIpc) is 3.26. The van der Waals surface area contributed by atoms with Crippen LogP contribution in [0.1, 0.15) is 37.5 Å². The fourth-order valence-electron chi connectivity index (χ4n) is 5.32. The molecule has 0 spiro atoms. The molecule has 33 heavy (non-hydrogen) atoms. The highest BCUT2D eigenvalue weighted by Crippen LogP contribution is 2.59. The summed E-state index contributed by atoms with van der Waals surface area (Å²) >= 11 is 1.86. The van der Waals surface area contributed by atoms with Gasteiger partial charge in [0, 0.05) is 27.7 Å². The van der Waals surface area contributed by atoms with E-state index < -0.39 is 0 Å². The summed E-state index contributed by atoms with van der Waals surface area (Å²) in [6.45, 7) is 6.91. The third-order valence-corrected chi connectivity index (χ3v) is 8.71. The molecule has 2 heterocycles. The quantitative estimate of drug-likeness (QED) is 0.371. The number of aromatic hydroxyl groups is 1. The molecule has 0 amide bonds. The zero-order chi connectivity index (χ0) is 22.8. The number of nitrogens with zero attached hydrogens (tertiary/aromatic N) is 2. The van der Waals surface area contributed by atoms with Crippen LogP contribution in [0, 0.1) is 0 Å². The molecule has 2 aliphatic rings. The lowest BCUT2D eigenvalue weighted by Gasteiger charge is -2.30. The third kappa shape index (κ3) is 3.06. The average molecular weight is 453 g/mol. The number of phenolic OH excluding ortho intramolecular Hbond substituents is 1. The summed E-state index contributed by atoms with van der Waals surface area (Å²) in [4.78, 5) is 9.76. The van der Waals surface area contributed by atoms with E-state index in [0.717, 1.165) is 16.0 Å². The van der Waals surface area contributed by atoms with Gasteiger partial charge in [0.25, 0.3) is 0 Å².